The van der Waals surface area contributed by atoms with Crippen LogP contribution in [0, 0.1) is 0 Å². The SMILES string of the molecule is CC(C)(Cc1cccc(CC(C(N)=O)c2ccccc2)c1)NC[C@H](O)c1ccc(O)c(CO)c1. The molecule has 0 saturated heterocycles. The molecule has 0 aliphatic rings. The first-order chi connectivity index (χ1) is 16.2. The van der Waals surface area contributed by atoms with Gasteiger partial charge < -0.3 is 26.4 Å². The van der Waals surface area contributed by atoms with Crippen LogP contribution < -0.4 is 11.1 Å². The van der Waals surface area contributed by atoms with Crippen molar-refractivity contribution in [2.24, 2.45) is 5.73 Å². The van der Waals surface area contributed by atoms with E-state index in [0.717, 1.165) is 23.1 Å². The fourth-order valence-corrected chi connectivity index (χ4v) is 4.17. The molecule has 3 aromatic rings. The van der Waals surface area contributed by atoms with Crippen LogP contribution in [0.2, 0.25) is 0 Å². The topological polar surface area (TPSA) is 116 Å². The highest BCUT2D eigenvalue weighted by molar-refractivity contribution is 5.82. The maximum atomic E-state index is 12.1. The fourth-order valence-electron chi connectivity index (χ4n) is 4.17. The molecule has 3 aromatic carbocycles. The Hall–Kier alpha value is -3.19. The third kappa shape index (κ3) is 6.90. The smallest absolute Gasteiger partial charge is 0.225 e. The molecule has 180 valence electrons. The first-order valence-electron chi connectivity index (χ1n) is 11.5. The van der Waals surface area contributed by atoms with E-state index in [9.17, 15) is 20.1 Å². The number of phenols is 1. The lowest BCUT2D eigenvalue weighted by Gasteiger charge is -2.28. The van der Waals surface area contributed by atoms with Gasteiger partial charge in [0, 0.05) is 17.6 Å². The van der Waals surface area contributed by atoms with Gasteiger partial charge in [-0.3, -0.25) is 4.79 Å². The number of carbonyl (C=O) groups is 1. The minimum atomic E-state index is -0.779. The van der Waals surface area contributed by atoms with Crippen LogP contribution in [0.3, 0.4) is 0 Å². The molecule has 0 fully saturated rings. The van der Waals surface area contributed by atoms with Crippen LogP contribution in [0.5, 0.6) is 5.75 Å². The minimum Gasteiger partial charge on any atom is -0.508 e. The van der Waals surface area contributed by atoms with Crippen LogP contribution in [0.1, 0.15) is 53.7 Å². The minimum absolute atomic E-state index is 0.0115. The van der Waals surface area contributed by atoms with Gasteiger partial charge in [0.05, 0.1) is 18.6 Å². The molecule has 6 heteroatoms. The van der Waals surface area contributed by atoms with Crippen LogP contribution >= 0.6 is 0 Å². The molecule has 6 N–H and O–H groups in total. The van der Waals surface area contributed by atoms with Crippen molar-refractivity contribution in [1.82, 2.24) is 5.32 Å². The molecule has 34 heavy (non-hydrogen) atoms. The second kappa shape index (κ2) is 11.3. The number of hydrogen-bond donors (Lipinski definition) is 5. The fraction of sp³-hybridized carbons (Fsp3) is 0.321. The normalized spacial score (nSPS) is 13.4. The number of aromatic hydroxyl groups is 1. The van der Waals surface area contributed by atoms with Crippen molar-refractivity contribution in [1.29, 1.82) is 0 Å². The average Bonchev–Trinajstić information content (AvgIpc) is 2.81. The number of β-amino-alcohol motifs (C(OH)–C–C–N with tert-alkyl or cyclic N) is 1. The highest BCUT2D eigenvalue weighted by Crippen LogP contribution is 2.24. The monoisotopic (exact) mass is 462 g/mol. The maximum absolute atomic E-state index is 12.1. The van der Waals surface area contributed by atoms with Crippen LogP contribution in [0.15, 0.2) is 72.8 Å². The zero-order valence-corrected chi connectivity index (χ0v) is 19.7. The second-order valence-corrected chi connectivity index (χ2v) is 9.39. The third-order valence-corrected chi connectivity index (χ3v) is 6.06. The quantitative estimate of drug-likeness (QED) is 0.300. The molecule has 0 aromatic heterocycles. The van der Waals surface area contributed by atoms with Crippen molar-refractivity contribution in [3.05, 3.63) is 101 Å². The van der Waals surface area contributed by atoms with Crippen molar-refractivity contribution < 1.29 is 20.1 Å². The van der Waals surface area contributed by atoms with Crippen LogP contribution in [-0.4, -0.2) is 33.3 Å². The summed E-state index contributed by atoms with van der Waals surface area (Å²) in [6, 6.07) is 22.5. The molecule has 0 bridgehead atoms. The molecule has 0 radical (unpaired) electrons. The van der Waals surface area contributed by atoms with E-state index in [-0.39, 0.29) is 29.7 Å². The number of nitrogens with two attached hydrogens (primary N) is 1. The number of nitrogens with one attached hydrogen (secondary N) is 1. The van der Waals surface area contributed by atoms with E-state index < -0.39 is 6.10 Å². The molecule has 0 aliphatic carbocycles. The molecule has 2 atom stereocenters. The molecule has 1 unspecified atom stereocenters. The van der Waals surface area contributed by atoms with Gasteiger partial charge in [-0.2, -0.15) is 0 Å². The van der Waals surface area contributed by atoms with Gasteiger partial charge in [-0.15, -0.1) is 0 Å². The first kappa shape index (κ1) is 25.4. The zero-order chi connectivity index (χ0) is 24.7. The summed E-state index contributed by atoms with van der Waals surface area (Å²) in [5, 5.41) is 33.1. The van der Waals surface area contributed by atoms with Crippen molar-refractivity contribution >= 4 is 5.91 Å². The molecule has 0 saturated carbocycles. The predicted octanol–water partition coefficient (Wildman–Crippen LogP) is 3.34. The summed E-state index contributed by atoms with van der Waals surface area (Å²) in [7, 11) is 0. The Kier molecular flexibility index (Phi) is 8.45. The summed E-state index contributed by atoms with van der Waals surface area (Å²) in [5.74, 6) is -0.713. The van der Waals surface area contributed by atoms with Gasteiger partial charge in [0.15, 0.2) is 0 Å². The number of aliphatic hydroxyl groups excluding tert-OH is 2. The van der Waals surface area contributed by atoms with Crippen LogP contribution in [0.4, 0.5) is 0 Å². The van der Waals surface area contributed by atoms with Gasteiger partial charge in [0.2, 0.25) is 5.91 Å². The summed E-state index contributed by atoms with van der Waals surface area (Å²) >= 11 is 0. The summed E-state index contributed by atoms with van der Waals surface area (Å²) in [5.41, 5.74) is 9.48. The van der Waals surface area contributed by atoms with E-state index in [2.05, 4.69) is 31.3 Å². The van der Waals surface area contributed by atoms with Gasteiger partial charge >= 0.3 is 0 Å². The number of primary amides is 1. The van der Waals surface area contributed by atoms with Crippen molar-refractivity contribution in [3.8, 4) is 5.75 Å². The highest BCUT2D eigenvalue weighted by atomic mass is 16.3. The van der Waals surface area contributed by atoms with E-state index in [4.69, 9.17) is 5.73 Å². The van der Waals surface area contributed by atoms with Crippen LogP contribution in [0.25, 0.3) is 0 Å². The predicted molar refractivity (Wildman–Crippen MR) is 133 cm³/mol. The zero-order valence-electron chi connectivity index (χ0n) is 19.7. The average molecular weight is 463 g/mol. The Labute approximate surface area is 201 Å². The standard InChI is InChI=1S/C28H34N2O4/c1-28(2,30-17-26(33)22-11-12-25(32)23(15-22)18-31)16-20-8-6-7-19(13-20)14-24(27(29)34)21-9-4-3-5-10-21/h3-13,15,24,26,30-33H,14,16-18H2,1-2H3,(H2,29,34)/t24?,26-/m0/s1. The van der Waals surface area contributed by atoms with E-state index >= 15 is 0 Å². The number of hydrogen-bond acceptors (Lipinski definition) is 5. The Bertz CT molecular complexity index is 1100. The number of amides is 1. The summed E-state index contributed by atoms with van der Waals surface area (Å²) in [6.07, 6.45) is 0.476. The Morgan fingerprint density at radius 3 is 2.35 bits per heavy atom. The Morgan fingerprint density at radius 1 is 0.971 bits per heavy atom. The lowest BCUT2D eigenvalue weighted by molar-refractivity contribution is -0.119. The maximum Gasteiger partial charge on any atom is 0.225 e. The lowest BCUT2D eigenvalue weighted by Crippen LogP contribution is -2.43. The van der Waals surface area contributed by atoms with Gasteiger partial charge in [-0.25, -0.2) is 0 Å². The van der Waals surface area contributed by atoms with Crippen molar-refractivity contribution in [3.63, 3.8) is 0 Å². The van der Waals surface area contributed by atoms with Gasteiger partial charge in [-0.05, 0) is 61.1 Å². The van der Waals surface area contributed by atoms with E-state index in [1.807, 2.05) is 42.5 Å². The van der Waals surface area contributed by atoms with Gasteiger partial charge in [0.25, 0.3) is 0 Å². The molecule has 6 nitrogen and oxygen atoms in total. The number of aliphatic hydroxyl groups is 2. The van der Waals surface area contributed by atoms with Gasteiger partial charge in [-0.1, -0.05) is 60.7 Å². The first-order valence-corrected chi connectivity index (χ1v) is 11.5. The van der Waals surface area contributed by atoms with Gasteiger partial charge in [0.1, 0.15) is 5.75 Å². The molecule has 0 aliphatic heterocycles. The second-order valence-electron chi connectivity index (χ2n) is 9.39. The number of rotatable bonds is 11. The Balaban J connectivity index is 1.64. The molecule has 0 spiro atoms. The van der Waals surface area contributed by atoms with E-state index in [1.165, 1.54) is 6.07 Å². The molecular formula is C28H34N2O4. The number of benzene rings is 3. The van der Waals surface area contributed by atoms with E-state index in [1.54, 1.807) is 12.1 Å². The highest BCUT2D eigenvalue weighted by Gasteiger charge is 2.22. The Morgan fingerprint density at radius 2 is 1.68 bits per heavy atom. The largest absolute Gasteiger partial charge is 0.508 e. The van der Waals surface area contributed by atoms with Crippen molar-refractivity contribution in [2.75, 3.05) is 6.54 Å². The lowest BCUT2D eigenvalue weighted by atomic mass is 9.89. The third-order valence-electron chi connectivity index (χ3n) is 6.06. The molecule has 3 rings (SSSR count). The summed E-state index contributed by atoms with van der Waals surface area (Å²) in [4.78, 5) is 12.1. The summed E-state index contributed by atoms with van der Waals surface area (Å²) < 4.78 is 0. The van der Waals surface area contributed by atoms with E-state index in [0.29, 0.717) is 24.1 Å². The molecule has 1 amide bonds. The van der Waals surface area contributed by atoms with Crippen molar-refractivity contribution in [2.45, 2.75) is 50.9 Å². The summed E-state index contributed by atoms with van der Waals surface area (Å²) in [6.45, 7) is 4.17. The van der Waals surface area contributed by atoms with Crippen LogP contribution in [-0.2, 0) is 24.2 Å². The number of carbonyl (C=O) groups excluding carboxylic acids is 1. The molecular weight excluding hydrogens is 428 g/mol. The molecule has 0 heterocycles.